The van der Waals surface area contributed by atoms with Crippen LogP contribution >= 0.6 is 0 Å². The Labute approximate surface area is 154 Å². The van der Waals surface area contributed by atoms with E-state index in [0.717, 1.165) is 36.4 Å². The number of aromatic amines is 1. The summed E-state index contributed by atoms with van der Waals surface area (Å²) in [4.78, 5) is 14.7. The monoisotopic (exact) mass is 344 g/mol. The Morgan fingerprint density at radius 2 is 2.19 bits per heavy atom. The van der Waals surface area contributed by atoms with E-state index >= 15 is 0 Å². The number of rotatable bonds is 2. The molecule has 4 rings (SSSR count). The lowest BCUT2D eigenvalue weighted by Gasteiger charge is -2.22. The Kier molecular flexibility index (Phi) is 4.43. The van der Waals surface area contributed by atoms with Gasteiger partial charge in [-0.15, -0.1) is 0 Å². The van der Waals surface area contributed by atoms with Crippen molar-refractivity contribution in [3.05, 3.63) is 65.5 Å². The number of aliphatic imine (C=N–C) groups is 1. The average molecular weight is 344 g/mol. The Balaban J connectivity index is 1.77. The molecule has 0 unspecified atom stereocenters. The highest BCUT2D eigenvalue weighted by atomic mass is 15.1. The third-order valence-electron chi connectivity index (χ3n) is 5.20. The highest BCUT2D eigenvalue weighted by molar-refractivity contribution is 6.15. The van der Waals surface area contributed by atoms with Gasteiger partial charge in [-0.1, -0.05) is 18.2 Å². The van der Waals surface area contributed by atoms with Gasteiger partial charge in [0, 0.05) is 43.5 Å². The quantitative estimate of drug-likeness (QED) is 0.885. The van der Waals surface area contributed by atoms with E-state index in [9.17, 15) is 0 Å². The van der Waals surface area contributed by atoms with Crippen LogP contribution in [-0.2, 0) is 0 Å². The van der Waals surface area contributed by atoms with Crippen molar-refractivity contribution in [1.29, 1.82) is 0 Å². The van der Waals surface area contributed by atoms with Gasteiger partial charge in [0.2, 0.25) is 0 Å². The summed E-state index contributed by atoms with van der Waals surface area (Å²) in [5.74, 6) is 0. The summed E-state index contributed by atoms with van der Waals surface area (Å²) < 4.78 is 0. The molecule has 2 aromatic rings. The van der Waals surface area contributed by atoms with Crippen LogP contribution in [0.4, 0.5) is 0 Å². The summed E-state index contributed by atoms with van der Waals surface area (Å²) in [6, 6.07) is 2.28. The zero-order chi connectivity index (χ0) is 18.1. The lowest BCUT2D eigenvalue weighted by atomic mass is 9.94. The van der Waals surface area contributed by atoms with Crippen LogP contribution in [0.25, 0.3) is 22.2 Å². The van der Waals surface area contributed by atoms with Gasteiger partial charge in [-0.3, -0.25) is 4.99 Å². The molecule has 0 saturated heterocycles. The average Bonchev–Trinajstić information content (AvgIpc) is 3.11. The first-order chi connectivity index (χ1) is 12.7. The van der Waals surface area contributed by atoms with Crippen LogP contribution in [0.5, 0.6) is 0 Å². The molecule has 3 heterocycles. The van der Waals surface area contributed by atoms with Gasteiger partial charge in [0.1, 0.15) is 5.65 Å². The Morgan fingerprint density at radius 3 is 2.92 bits per heavy atom. The lowest BCUT2D eigenvalue weighted by molar-refractivity contribution is 0.370. The molecule has 4 nitrogen and oxygen atoms in total. The van der Waals surface area contributed by atoms with Gasteiger partial charge in [-0.2, -0.15) is 0 Å². The molecule has 26 heavy (non-hydrogen) atoms. The minimum absolute atomic E-state index is 0.934. The number of pyridine rings is 1. The predicted molar refractivity (Wildman–Crippen MR) is 110 cm³/mol. The summed E-state index contributed by atoms with van der Waals surface area (Å²) in [7, 11) is 3.99. The number of fused-ring (bicyclic) bond motifs is 1. The lowest BCUT2D eigenvalue weighted by Crippen LogP contribution is -2.23. The number of hydrogen-bond acceptors (Lipinski definition) is 3. The molecule has 1 aliphatic heterocycles. The molecule has 0 aromatic carbocycles. The van der Waals surface area contributed by atoms with E-state index in [-0.39, 0.29) is 0 Å². The van der Waals surface area contributed by atoms with Crippen LogP contribution < -0.4 is 0 Å². The SMILES string of the molecule is C/C=C1/C=C(c2c[nH]c3ncc(C4=CCN(C)CC4)cc23)C=CC1=NC. The molecular formula is C22H24N4. The van der Waals surface area contributed by atoms with Crippen molar-refractivity contribution in [2.45, 2.75) is 13.3 Å². The van der Waals surface area contributed by atoms with Crippen molar-refractivity contribution in [1.82, 2.24) is 14.9 Å². The number of allylic oxidation sites excluding steroid dienone is 6. The first-order valence-corrected chi connectivity index (χ1v) is 9.08. The van der Waals surface area contributed by atoms with E-state index < -0.39 is 0 Å². The van der Waals surface area contributed by atoms with Crippen molar-refractivity contribution in [2.24, 2.45) is 4.99 Å². The molecule has 0 spiro atoms. The third kappa shape index (κ3) is 2.97. The van der Waals surface area contributed by atoms with Gasteiger partial charge >= 0.3 is 0 Å². The minimum Gasteiger partial charge on any atom is -0.346 e. The molecule has 0 amide bonds. The molecule has 4 heteroatoms. The van der Waals surface area contributed by atoms with Crippen LogP contribution in [0, 0.1) is 0 Å². The number of hydrogen-bond donors (Lipinski definition) is 1. The molecule has 132 valence electrons. The predicted octanol–water partition coefficient (Wildman–Crippen LogP) is 4.25. The molecule has 2 aromatic heterocycles. The Morgan fingerprint density at radius 1 is 1.31 bits per heavy atom. The van der Waals surface area contributed by atoms with Gasteiger partial charge in [0.15, 0.2) is 0 Å². The smallest absolute Gasteiger partial charge is 0.137 e. The van der Waals surface area contributed by atoms with Crippen LogP contribution in [-0.4, -0.2) is 47.8 Å². The molecule has 0 saturated carbocycles. The fourth-order valence-corrected chi connectivity index (χ4v) is 3.61. The summed E-state index contributed by atoms with van der Waals surface area (Å²) in [5, 5.41) is 1.17. The van der Waals surface area contributed by atoms with E-state index in [1.807, 2.05) is 13.2 Å². The van der Waals surface area contributed by atoms with E-state index in [1.54, 1.807) is 0 Å². The summed E-state index contributed by atoms with van der Waals surface area (Å²) in [6.45, 7) is 4.15. The first kappa shape index (κ1) is 16.7. The fraction of sp³-hybridized carbons (Fsp3) is 0.273. The first-order valence-electron chi connectivity index (χ1n) is 9.08. The van der Waals surface area contributed by atoms with Gasteiger partial charge in [0.05, 0.1) is 5.71 Å². The standard InChI is InChI=1S/C22H24N4/c1-4-15-11-17(5-6-21(15)23-2)20-14-25-22-19(20)12-18(13-24-22)16-7-9-26(3)10-8-16/h4-7,11-14H,8-10H2,1-3H3,(H,24,25)/b15-4-,23-21?. The maximum absolute atomic E-state index is 4.66. The molecule has 1 aliphatic carbocycles. The number of nitrogens with one attached hydrogen (secondary N) is 1. The zero-order valence-corrected chi connectivity index (χ0v) is 15.6. The van der Waals surface area contributed by atoms with E-state index in [2.05, 4.69) is 76.5 Å². The van der Waals surface area contributed by atoms with E-state index in [0.29, 0.717) is 0 Å². The number of aromatic nitrogens is 2. The number of H-pyrrole nitrogens is 1. The van der Waals surface area contributed by atoms with Crippen LogP contribution in [0.2, 0.25) is 0 Å². The summed E-state index contributed by atoms with van der Waals surface area (Å²) in [6.07, 6.45) is 16.0. The van der Waals surface area contributed by atoms with Crippen molar-refractivity contribution in [3.63, 3.8) is 0 Å². The maximum Gasteiger partial charge on any atom is 0.137 e. The second kappa shape index (κ2) is 6.89. The van der Waals surface area contributed by atoms with Crippen molar-refractivity contribution < 1.29 is 0 Å². The Hall–Kier alpha value is -2.72. The van der Waals surface area contributed by atoms with Gasteiger partial charge in [0.25, 0.3) is 0 Å². The molecule has 2 aliphatic rings. The van der Waals surface area contributed by atoms with Crippen molar-refractivity contribution >= 4 is 27.9 Å². The van der Waals surface area contributed by atoms with Gasteiger partial charge in [-0.25, -0.2) is 4.98 Å². The number of nitrogens with zero attached hydrogens (tertiary/aromatic N) is 3. The zero-order valence-electron chi connectivity index (χ0n) is 15.6. The van der Waals surface area contributed by atoms with Crippen LogP contribution in [0.3, 0.4) is 0 Å². The van der Waals surface area contributed by atoms with E-state index in [4.69, 9.17) is 0 Å². The van der Waals surface area contributed by atoms with Crippen LogP contribution in [0.1, 0.15) is 24.5 Å². The maximum atomic E-state index is 4.66. The second-order valence-corrected chi connectivity index (χ2v) is 6.85. The molecule has 0 atom stereocenters. The molecule has 0 radical (unpaired) electrons. The fourth-order valence-electron chi connectivity index (χ4n) is 3.61. The number of likely N-dealkylation sites (N-methyl/N-ethyl adjacent to an activating group) is 1. The van der Waals surface area contributed by atoms with Gasteiger partial charge in [-0.05, 0) is 60.9 Å². The summed E-state index contributed by atoms with van der Waals surface area (Å²) >= 11 is 0. The second-order valence-electron chi connectivity index (χ2n) is 6.85. The highest BCUT2D eigenvalue weighted by Gasteiger charge is 2.15. The minimum atomic E-state index is 0.934. The topological polar surface area (TPSA) is 44.3 Å². The third-order valence-corrected chi connectivity index (χ3v) is 5.20. The molecule has 0 bridgehead atoms. The normalized spacial score (nSPS) is 21.5. The highest BCUT2D eigenvalue weighted by Crippen LogP contribution is 2.31. The van der Waals surface area contributed by atoms with Gasteiger partial charge < -0.3 is 9.88 Å². The summed E-state index contributed by atoms with van der Waals surface area (Å²) in [5.41, 5.74) is 8.11. The molecular weight excluding hydrogens is 320 g/mol. The Bertz CT molecular complexity index is 998. The van der Waals surface area contributed by atoms with E-state index in [1.165, 1.54) is 27.7 Å². The van der Waals surface area contributed by atoms with Crippen molar-refractivity contribution in [2.75, 3.05) is 27.2 Å². The molecule has 1 N–H and O–H groups in total. The largest absolute Gasteiger partial charge is 0.346 e. The van der Waals surface area contributed by atoms with Crippen LogP contribution in [0.15, 0.2) is 59.4 Å². The molecule has 0 fully saturated rings. The van der Waals surface area contributed by atoms with Crippen molar-refractivity contribution in [3.8, 4) is 0 Å².